The molecule has 40 heavy (non-hydrogen) atoms. The van der Waals surface area contributed by atoms with Gasteiger partial charge in [-0.05, 0) is 43.0 Å². The average Bonchev–Trinajstić information content (AvgIpc) is 2.96. The van der Waals surface area contributed by atoms with E-state index in [1.165, 1.54) is 12.3 Å². The van der Waals surface area contributed by atoms with E-state index in [2.05, 4.69) is 4.98 Å². The molecule has 0 spiro atoms. The van der Waals surface area contributed by atoms with Gasteiger partial charge in [0.25, 0.3) is 0 Å². The van der Waals surface area contributed by atoms with Crippen LogP contribution in [0, 0.1) is 29.0 Å². The molecule has 9 heteroatoms. The fraction of sp³-hybridized carbons (Fsp3) is 0.387. The van der Waals surface area contributed by atoms with E-state index in [1.807, 2.05) is 40.7 Å². The molecule has 0 saturated heterocycles. The number of sulfone groups is 1. The topological polar surface area (TPSA) is 114 Å². The molecule has 0 fully saturated rings. The Balaban J connectivity index is 0.00000106. The summed E-state index contributed by atoms with van der Waals surface area (Å²) >= 11 is 0. The maximum absolute atomic E-state index is 15.0. The molecule has 2 aromatic heterocycles. The number of carbonyl (C=O) groups is 1. The highest BCUT2D eigenvalue weighted by atomic mass is 32.2. The molecule has 2 aliphatic carbocycles. The van der Waals surface area contributed by atoms with E-state index in [0.717, 1.165) is 11.8 Å². The van der Waals surface area contributed by atoms with Crippen molar-refractivity contribution in [3.05, 3.63) is 77.0 Å². The van der Waals surface area contributed by atoms with Crippen LogP contribution in [0.15, 0.2) is 54.2 Å². The van der Waals surface area contributed by atoms with Crippen molar-refractivity contribution in [3.63, 3.8) is 0 Å². The van der Waals surface area contributed by atoms with E-state index in [4.69, 9.17) is 9.97 Å². The molecule has 0 amide bonds. The van der Waals surface area contributed by atoms with E-state index in [1.54, 1.807) is 36.4 Å². The Kier molecular flexibility index (Phi) is 10.0. The van der Waals surface area contributed by atoms with E-state index in [0.29, 0.717) is 46.9 Å². The van der Waals surface area contributed by atoms with Crippen LogP contribution in [0.4, 0.5) is 4.39 Å². The minimum absolute atomic E-state index is 0.0310. The second-order valence-corrected chi connectivity index (χ2v) is 11.6. The van der Waals surface area contributed by atoms with E-state index in [-0.39, 0.29) is 34.9 Å². The maximum atomic E-state index is 15.0. The zero-order valence-corrected chi connectivity index (χ0v) is 24.6. The van der Waals surface area contributed by atoms with Crippen molar-refractivity contribution in [3.8, 4) is 28.7 Å². The van der Waals surface area contributed by atoms with Gasteiger partial charge >= 0.3 is 0 Å². The summed E-state index contributed by atoms with van der Waals surface area (Å²) in [7, 11) is -3.31. The number of rotatable bonds is 4. The van der Waals surface area contributed by atoms with Gasteiger partial charge in [0.15, 0.2) is 21.4 Å². The molecular formula is C31H35FN4O3S. The lowest BCUT2D eigenvalue weighted by Gasteiger charge is -2.38. The number of Topliss-reactive ketones (excluding diaryl/α,β-unsaturated/α-hetero) is 1. The van der Waals surface area contributed by atoms with Gasteiger partial charge in [0, 0.05) is 41.0 Å². The molecule has 0 radical (unpaired) electrons. The summed E-state index contributed by atoms with van der Waals surface area (Å²) in [5, 5.41) is 9.56. The number of fused-ring (bicyclic) bond motifs is 3. The molecule has 3 aromatic rings. The van der Waals surface area contributed by atoms with E-state index < -0.39 is 15.7 Å². The highest BCUT2D eigenvalue weighted by Gasteiger charge is 2.42. The monoisotopic (exact) mass is 562 g/mol. The van der Waals surface area contributed by atoms with Crippen molar-refractivity contribution in [2.75, 3.05) is 6.26 Å². The van der Waals surface area contributed by atoms with Crippen LogP contribution in [0.2, 0.25) is 0 Å². The Morgan fingerprint density at radius 2 is 1.80 bits per heavy atom. The first-order chi connectivity index (χ1) is 19.2. The normalized spacial score (nSPS) is 19.4. The SMILES string of the molecule is CC.CC.CC1C(=O)C(C#N)=CC2c3nc(-c4ccnc(CS(C)(=O)=O)c4)nc(-c4ccccc4F)c3CCC12. The molecule has 2 heterocycles. The zero-order valence-electron chi connectivity index (χ0n) is 23.8. The first kappa shape index (κ1) is 30.8. The summed E-state index contributed by atoms with van der Waals surface area (Å²) in [6, 6.07) is 11.7. The number of ketones is 1. The Hall–Kier alpha value is -3.77. The lowest BCUT2D eigenvalue weighted by Crippen LogP contribution is -2.35. The molecule has 1 aromatic carbocycles. The van der Waals surface area contributed by atoms with Crippen molar-refractivity contribution in [2.45, 2.75) is 59.1 Å². The van der Waals surface area contributed by atoms with Crippen LogP contribution in [0.25, 0.3) is 22.6 Å². The average molecular weight is 563 g/mol. The fourth-order valence-corrected chi connectivity index (χ4v) is 5.94. The third-order valence-electron chi connectivity index (χ3n) is 6.95. The van der Waals surface area contributed by atoms with Crippen molar-refractivity contribution in [1.82, 2.24) is 15.0 Å². The Morgan fingerprint density at radius 3 is 2.45 bits per heavy atom. The maximum Gasteiger partial charge on any atom is 0.176 e. The minimum Gasteiger partial charge on any atom is -0.293 e. The van der Waals surface area contributed by atoms with Gasteiger partial charge in [-0.1, -0.05) is 52.8 Å². The zero-order chi connectivity index (χ0) is 29.6. The van der Waals surface area contributed by atoms with Crippen molar-refractivity contribution in [1.29, 1.82) is 5.26 Å². The summed E-state index contributed by atoms with van der Waals surface area (Å²) in [4.78, 5) is 26.5. The van der Waals surface area contributed by atoms with Gasteiger partial charge in [0.2, 0.25) is 0 Å². The molecule has 0 saturated carbocycles. The predicted octanol–water partition coefficient (Wildman–Crippen LogP) is 6.26. The number of allylic oxidation sites excluding steroid dienone is 2. The lowest BCUT2D eigenvalue weighted by molar-refractivity contribution is -0.120. The first-order valence-electron chi connectivity index (χ1n) is 13.6. The third kappa shape index (κ3) is 6.34. The van der Waals surface area contributed by atoms with Crippen LogP contribution in [0.5, 0.6) is 0 Å². The number of nitrogens with zero attached hydrogens (tertiary/aromatic N) is 4. The van der Waals surface area contributed by atoms with E-state index in [9.17, 15) is 22.9 Å². The molecule has 7 nitrogen and oxygen atoms in total. The smallest absolute Gasteiger partial charge is 0.176 e. The van der Waals surface area contributed by atoms with Gasteiger partial charge in [-0.2, -0.15) is 5.26 Å². The Morgan fingerprint density at radius 1 is 1.10 bits per heavy atom. The number of nitriles is 1. The van der Waals surface area contributed by atoms with Crippen LogP contribution in [0.1, 0.15) is 63.9 Å². The third-order valence-corrected chi connectivity index (χ3v) is 7.77. The fourth-order valence-electron chi connectivity index (χ4n) is 5.24. The molecular weight excluding hydrogens is 527 g/mol. The molecule has 0 N–H and O–H groups in total. The van der Waals surface area contributed by atoms with Gasteiger partial charge in [-0.3, -0.25) is 9.78 Å². The number of benzene rings is 1. The second kappa shape index (κ2) is 13.1. The summed E-state index contributed by atoms with van der Waals surface area (Å²) in [5.74, 6) is -1.16. The molecule has 5 rings (SSSR count). The van der Waals surface area contributed by atoms with Crippen LogP contribution >= 0.6 is 0 Å². The van der Waals surface area contributed by atoms with Crippen molar-refractivity contribution >= 4 is 15.6 Å². The summed E-state index contributed by atoms with van der Waals surface area (Å²) in [5.41, 5.74) is 3.29. The molecule has 0 aliphatic heterocycles. The Labute approximate surface area is 236 Å². The molecule has 3 atom stereocenters. The van der Waals surface area contributed by atoms with Gasteiger partial charge < -0.3 is 0 Å². The molecule has 0 bridgehead atoms. The van der Waals surface area contributed by atoms with Gasteiger partial charge in [0.05, 0.1) is 28.4 Å². The number of hydrogen-bond acceptors (Lipinski definition) is 7. The predicted molar refractivity (Wildman–Crippen MR) is 154 cm³/mol. The largest absolute Gasteiger partial charge is 0.293 e. The lowest BCUT2D eigenvalue weighted by atomic mass is 9.66. The summed E-state index contributed by atoms with van der Waals surface area (Å²) in [6.07, 6.45) is 5.59. The highest BCUT2D eigenvalue weighted by molar-refractivity contribution is 7.89. The van der Waals surface area contributed by atoms with Gasteiger partial charge in [-0.25, -0.2) is 22.8 Å². The van der Waals surface area contributed by atoms with E-state index >= 15 is 0 Å². The highest BCUT2D eigenvalue weighted by Crippen LogP contribution is 2.47. The van der Waals surface area contributed by atoms with Crippen LogP contribution < -0.4 is 0 Å². The van der Waals surface area contributed by atoms with Gasteiger partial charge in [-0.15, -0.1) is 0 Å². The standard InChI is InChI=1S/C27H23FN4O3S.2C2H6/c1-15-19-7-8-21-24(20-5-3-4-6-23(20)28)31-27(16-9-10-30-18(11-16)14-36(2,34)35)32-25(21)22(19)12-17(13-29)26(15)33;2*1-2/h3-6,9-12,15,19,22H,7-8,14H2,1-2H3;2*1-2H3. The number of pyridine rings is 1. The molecule has 210 valence electrons. The second-order valence-electron chi connectivity index (χ2n) is 9.42. The van der Waals surface area contributed by atoms with Gasteiger partial charge in [0.1, 0.15) is 11.9 Å². The minimum atomic E-state index is -3.31. The summed E-state index contributed by atoms with van der Waals surface area (Å²) < 4.78 is 38.6. The number of aromatic nitrogens is 3. The number of carbonyl (C=O) groups excluding carboxylic acids is 1. The summed E-state index contributed by atoms with van der Waals surface area (Å²) in [6.45, 7) is 9.84. The van der Waals surface area contributed by atoms with Crippen molar-refractivity contribution in [2.24, 2.45) is 11.8 Å². The quantitative estimate of drug-likeness (QED) is 0.369. The number of halogens is 1. The first-order valence-corrected chi connectivity index (χ1v) is 15.7. The number of hydrogen-bond donors (Lipinski definition) is 0. The molecule has 3 unspecified atom stereocenters. The van der Waals surface area contributed by atoms with Crippen LogP contribution in [-0.2, 0) is 26.8 Å². The van der Waals surface area contributed by atoms with Crippen LogP contribution in [0.3, 0.4) is 0 Å². The Bertz CT molecular complexity index is 1580. The van der Waals surface area contributed by atoms with Crippen molar-refractivity contribution < 1.29 is 17.6 Å². The van der Waals surface area contributed by atoms with Crippen LogP contribution in [-0.4, -0.2) is 35.4 Å². The molecule has 2 aliphatic rings.